The Morgan fingerprint density at radius 1 is 1.28 bits per heavy atom. The summed E-state index contributed by atoms with van der Waals surface area (Å²) in [4.78, 5) is 16.8. The van der Waals surface area contributed by atoms with E-state index in [0.717, 1.165) is 18.7 Å². The van der Waals surface area contributed by atoms with Crippen molar-refractivity contribution in [3.05, 3.63) is 66.0 Å². The Morgan fingerprint density at radius 2 is 2.10 bits per heavy atom. The highest BCUT2D eigenvalue weighted by Gasteiger charge is 2.16. The lowest BCUT2D eigenvalue weighted by Crippen LogP contribution is -2.33. The quantitative estimate of drug-likeness (QED) is 0.665. The molecule has 3 heterocycles. The van der Waals surface area contributed by atoms with Gasteiger partial charge in [0, 0.05) is 31.0 Å². The Balaban J connectivity index is 0.00000240. The smallest absolute Gasteiger partial charge is 0.258 e. The summed E-state index contributed by atoms with van der Waals surface area (Å²) in [6.45, 7) is 2.38. The number of benzene rings is 1. The minimum Gasteiger partial charge on any atom is -0.481 e. The summed E-state index contributed by atoms with van der Waals surface area (Å²) in [5, 5.41) is 10.4. The fraction of sp³-hybridized carbons (Fsp3) is 0.250. The number of hydrogen-bond acceptors (Lipinski definition) is 6. The molecule has 2 N–H and O–H groups in total. The molecule has 1 saturated heterocycles. The molecule has 8 nitrogen and oxygen atoms in total. The fourth-order valence-corrected chi connectivity index (χ4v) is 2.97. The summed E-state index contributed by atoms with van der Waals surface area (Å²) in [6.07, 6.45) is 3.19. The van der Waals surface area contributed by atoms with E-state index in [1.165, 1.54) is 10.9 Å². The van der Waals surface area contributed by atoms with Crippen molar-refractivity contribution in [3.63, 3.8) is 0 Å². The molecule has 29 heavy (non-hydrogen) atoms. The summed E-state index contributed by atoms with van der Waals surface area (Å²) in [7, 11) is 1.55. The number of nitrogens with zero attached hydrogens (tertiary/aromatic N) is 3. The molecule has 1 atom stereocenters. The minimum absolute atomic E-state index is 0. The van der Waals surface area contributed by atoms with Crippen molar-refractivity contribution in [3.8, 4) is 11.7 Å². The number of rotatable bonds is 5. The molecule has 152 valence electrons. The number of nitrogens with one attached hydrogen (secondary N) is 2. The normalized spacial score (nSPS) is 16.0. The van der Waals surface area contributed by atoms with Crippen molar-refractivity contribution in [2.24, 2.45) is 0 Å². The molecule has 0 saturated carbocycles. The Hall–Kier alpha value is -2.94. The average Bonchev–Trinajstić information content (AvgIpc) is 3.25. The van der Waals surface area contributed by atoms with Crippen LogP contribution in [0.4, 0.5) is 5.69 Å². The van der Waals surface area contributed by atoms with Gasteiger partial charge in [-0.25, -0.2) is 4.68 Å². The maximum absolute atomic E-state index is 12.5. The molecule has 0 aliphatic carbocycles. The third-order valence-electron chi connectivity index (χ3n) is 4.47. The van der Waals surface area contributed by atoms with E-state index < -0.39 is 0 Å². The monoisotopic (exact) mass is 415 g/mol. The van der Waals surface area contributed by atoms with Crippen LogP contribution in [-0.4, -0.2) is 47.5 Å². The van der Waals surface area contributed by atoms with Gasteiger partial charge in [0.15, 0.2) is 5.82 Å². The molecule has 1 fully saturated rings. The topological polar surface area (TPSA) is 90.3 Å². The second-order valence-electron chi connectivity index (χ2n) is 6.35. The molecule has 1 amide bonds. The number of methoxy groups -OCH3 is 1. The van der Waals surface area contributed by atoms with Gasteiger partial charge in [0.1, 0.15) is 0 Å². The van der Waals surface area contributed by atoms with Crippen molar-refractivity contribution in [1.82, 2.24) is 20.1 Å². The van der Waals surface area contributed by atoms with E-state index in [1.54, 1.807) is 25.4 Å². The maximum atomic E-state index is 12.5. The number of pyridine rings is 1. The predicted octanol–water partition coefficient (Wildman–Crippen LogP) is 2.61. The first-order chi connectivity index (χ1) is 13.7. The number of carbonyl (C=O) groups is 1. The zero-order valence-corrected chi connectivity index (χ0v) is 16.7. The lowest BCUT2D eigenvalue weighted by atomic mass is 10.1. The van der Waals surface area contributed by atoms with Gasteiger partial charge in [-0.15, -0.1) is 12.4 Å². The third-order valence-corrected chi connectivity index (χ3v) is 4.47. The second-order valence-corrected chi connectivity index (χ2v) is 6.35. The Labute approximate surface area is 174 Å². The van der Waals surface area contributed by atoms with E-state index in [1.807, 2.05) is 30.3 Å². The van der Waals surface area contributed by atoms with E-state index >= 15 is 0 Å². The van der Waals surface area contributed by atoms with Crippen molar-refractivity contribution in [1.29, 1.82) is 0 Å². The number of amides is 1. The maximum Gasteiger partial charge on any atom is 0.258 e. The second kappa shape index (κ2) is 9.51. The van der Waals surface area contributed by atoms with Crippen LogP contribution in [0.2, 0.25) is 0 Å². The van der Waals surface area contributed by atoms with Crippen LogP contribution in [0, 0.1) is 0 Å². The third kappa shape index (κ3) is 4.92. The van der Waals surface area contributed by atoms with E-state index in [0.29, 0.717) is 29.6 Å². The first-order valence-corrected chi connectivity index (χ1v) is 9.02. The molecular weight excluding hydrogens is 394 g/mol. The van der Waals surface area contributed by atoms with E-state index in [9.17, 15) is 4.79 Å². The number of ether oxygens (including phenoxy) is 2. The Bertz CT molecular complexity index is 955. The zero-order valence-electron chi connectivity index (χ0n) is 15.9. The molecule has 1 unspecified atom stereocenters. The van der Waals surface area contributed by atoms with Gasteiger partial charge in [-0.3, -0.25) is 4.79 Å². The summed E-state index contributed by atoms with van der Waals surface area (Å²) < 4.78 is 12.4. The number of aromatic nitrogens is 3. The predicted molar refractivity (Wildman–Crippen MR) is 111 cm³/mol. The van der Waals surface area contributed by atoms with Crippen molar-refractivity contribution in [2.75, 3.05) is 32.1 Å². The Kier molecular flexibility index (Phi) is 6.82. The van der Waals surface area contributed by atoms with Crippen LogP contribution in [-0.2, 0) is 4.74 Å². The molecule has 1 aliphatic heterocycles. The molecule has 3 aromatic rings. The molecule has 2 aromatic heterocycles. The molecule has 0 bridgehead atoms. The molecule has 0 spiro atoms. The highest BCUT2D eigenvalue weighted by molar-refractivity contribution is 6.03. The number of anilines is 1. The van der Waals surface area contributed by atoms with Crippen LogP contribution in [0.15, 0.2) is 54.9 Å². The highest BCUT2D eigenvalue weighted by atomic mass is 35.5. The Morgan fingerprint density at radius 3 is 2.83 bits per heavy atom. The lowest BCUT2D eigenvalue weighted by Gasteiger charge is -2.24. The van der Waals surface area contributed by atoms with E-state index in [2.05, 4.69) is 20.7 Å². The molecule has 1 aliphatic rings. The van der Waals surface area contributed by atoms with Crippen LogP contribution in [0.3, 0.4) is 0 Å². The van der Waals surface area contributed by atoms with E-state index in [4.69, 9.17) is 9.47 Å². The summed E-state index contributed by atoms with van der Waals surface area (Å²) in [6, 6.07) is 13.0. The number of carbonyl (C=O) groups excluding carboxylic acids is 1. The first kappa shape index (κ1) is 20.8. The summed E-state index contributed by atoms with van der Waals surface area (Å²) >= 11 is 0. The van der Waals surface area contributed by atoms with Gasteiger partial charge in [0.2, 0.25) is 5.88 Å². The van der Waals surface area contributed by atoms with Gasteiger partial charge in [0.25, 0.3) is 5.91 Å². The van der Waals surface area contributed by atoms with Crippen molar-refractivity contribution in [2.45, 2.75) is 6.10 Å². The van der Waals surface area contributed by atoms with Crippen LogP contribution < -0.4 is 15.4 Å². The minimum atomic E-state index is -0.238. The number of hydrogen-bond donors (Lipinski definition) is 2. The van der Waals surface area contributed by atoms with E-state index in [-0.39, 0.29) is 24.4 Å². The van der Waals surface area contributed by atoms with Gasteiger partial charge in [-0.05, 0) is 23.8 Å². The largest absolute Gasteiger partial charge is 0.481 e. The summed E-state index contributed by atoms with van der Waals surface area (Å²) in [5.74, 6) is 0.817. The van der Waals surface area contributed by atoms with Crippen LogP contribution in [0.5, 0.6) is 5.88 Å². The molecule has 0 radical (unpaired) electrons. The van der Waals surface area contributed by atoms with Crippen LogP contribution >= 0.6 is 12.4 Å². The van der Waals surface area contributed by atoms with Gasteiger partial charge >= 0.3 is 0 Å². The van der Waals surface area contributed by atoms with Gasteiger partial charge in [-0.2, -0.15) is 10.1 Å². The van der Waals surface area contributed by atoms with Crippen molar-refractivity contribution < 1.29 is 14.3 Å². The SMILES string of the molecule is COc1cccc(-n2cc(C(=O)Nc3ccc(C4CNCCO4)cc3)cn2)n1.Cl. The molecule has 4 rings (SSSR count). The van der Waals surface area contributed by atoms with Gasteiger partial charge in [0.05, 0.1) is 31.6 Å². The lowest BCUT2D eigenvalue weighted by molar-refractivity contribution is 0.0277. The van der Waals surface area contributed by atoms with Crippen LogP contribution in [0.1, 0.15) is 22.0 Å². The fourth-order valence-electron chi connectivity index (χ4n) is 2.97. The number of morpholine rings is 1. The number of halogens is 1. The highest BCUT2D eigenvalue weighted by Crippen LogP contribution is 2.21. The zero-order chi connectivity index (χ0) is 19.3. The van der Waals surface area contributed by atoms with Crippen LogP contribution in [0.25, 0.3) is 5.82 Å². The standard InChI is InChI=1S/C20H21N5O3.ClH/c1-27-19-4-2-3-18(24-19)25-13-15(11-22-25)20(26)23-16-7-5-14(6-8-16)17-12-21-9-10-28-17;/h2-8,11,13,17,21H,9-10,12H2,1H3,(H,23,26);1H. The summed E-state index contributed by atoms with van der Waals surface area (Å²) in [5.41, 5.74) is 2.24. The first-order valence-electron chi connectivity index (χ1n) is 9.02. The molecular formula is C20H22ClN5O3. The van der Waals surface area contributed by atoms with Crippen molar-refractivity contribution >= 4 is 24.0 Å². The molecule has 9 heteroatoms. The van der Waals surface area contributed by atoms with Gasteiger partial charge < -0.3 is 20.1 Å². The average molecular weight is 416 g/mol. The van der Waals surface area contributed by atoms with Gasteiger partial charge in [-0.1, -0.05) is 18.2 Å². The molecule has 1 aromatic carbocycles.